The Morgan fingerprint density at radius 2 is 2.00 bits per heavy atom. The van der Waals surface area contributed by atoms with E-state index in [0.717, 1.165) is 27.1 Å². The van der Waals surface area contributed by atoms with Gasteiger partial charge in [0.05, 0.1) is 31.9 Å². The molecule has 3 rings (SSSR count). The summed E-state index contributed by atoms with van der Waals surface area (Å²) in [5.74, 6) is -2.68. The van der Waals surface area contributed by atoms with E-state index in [4.69, 9.17) is 20.5 Å². The van der Waals surface area contributed by atoms with Gasteiger partial charge in [-0.05, 0) is 0 Å². The molecule has 1 aromatic rings. The standard InChI is InChI=1S/C19H24F2N8O5/c1-12(30)24-8-14-9-28(19(32)34-14)13-6-15(20)18(16(21)7-13)26-2-3-29(33-5-4-26)17(31)10-27(11-22)25-23/h6-7,11,14,22-23H,2-5,8-10H2,1H3,(H,24,30). The van der Waals surface area contributed by atoms with Gasteiger partial charge in [-0.15, -0.1) is 0 Å². The summed E-state index contributed by atoms with van der Waals surface area (Å²) in [4.78, 5) is 43.3. The summed E-state index contributed by atoms with van der Waals surface area (Å²) < 4.78 is 35.1. The van der Waals surface area contributed by atoms with Gasteiger partial charge in [-0.1, -0.05) is 5.22 Å². The molecule has 3 N–H and O–H groups in total. The van der Waals surface area contributed by atoms with Crippen molar-refractivity contribution in [3.63, 3.8) is 0 Å². The van der Waals surface area contributed by atoms with Gasteiger partial charge in [0.15, 0.2) is 11.6 Å². The average molecular weight is 482 g/mol. The molecule has 15 heteroatoms. The second-order valence-corrected chi connectivity index (χ2v) is 7.45. The number of benzene rings is 1. The maximum absolute atomic E-state index is 15.0. The number of cyclic esters (lactones) is 1. The summed E-state index contributed by atoms with van der Waals surface area (Å²) in [5, 5.41) is 14.4. The first-order valence-electron chi connectivity index (χ1n) is 10.3. The molecule has 2 saturated heterocycles. The molecule has 0 aromatic heterocycles. The molecule has 13 nitrogen and oxygen atoms in total. The van der Waals surface area contributed by atoms with Gasteiger partial charge >= 0.3 is 6.09 Å². The molecule has 2 fully saturated rings. The summed E-state index contributed by atoms with van der Waals surface area (Å²) >= 11 is 0. The minimum Gasteiger partial charge on any atom is -0.442 e. The van der Waals surface area contributed by atoms with Crippen LogP contribution in [0.3, 0.4) is 0 Å². The van der Waals surface area contributed by atoms with Crippen molar-refractivity contribution in [1.82, 2.24) is 15.4 Å². The highest BCUT2D eigenvalue weighted by Gasteiger charge is 2.34. The van der Waals surface area contributed by atoms with E-state index in [0.29, 0.717) is 6.34 Å². The van der Waals surface area contributed by atoms with Crippen molar-refractivity contribution in [2.24, 2.45) is 5.22 Å². The molecule has 3 amide bonds. The summed E-state index contributed by atoms with van der Waals surface area (Å²) in [6.07, 6.45) is -0.725. The molecule has 0 bridgehead atoms. The Morgan fingerprint density at radius 1 is 1.29 bits per heavy atom. The molecule has 2 heterocycles. The minimum atomic E-state index is -0.907. The van der Waals surface area contributed by atoms with Crippen LogP contribution < -0.4 is 15.1 Å². The minimum absolute atomic E-state index is 0.0172. The monoisotopic (exact) mass is 482 g/mol. The van der Waals surface area contributed by atoms with Crippen molar-refractivity contribution >= 4 is 35.6 Å². The fourth-order valence-corrected chi connectivity index (χ4v) is 3.50. The van der Waals surface area contributed by atoms with Gasteiger partial charge in [-0.2, -0.15) is 5.53 Å². The second kappa shape index (κ2) is 10.8. The first kappa shape index (κ1) is 24.8. The van der Waals surface area contributed by atoms with Gasteiger partial charge in [-0.25, -0.2) is 23.6 Å². The highest BCUT2D eigenvalue weighted by atomic mass is 19.1. The zero-order valence-corrected chi connectivity index (χ0v) is 18.3. The topological polar surface area (TPSA) is 155 Å². The Labute approximate surface area is 193 Å². The predicted molar refractivity (Wildman–Crippen MR) is 113 cm³/mol. The maximum atomic E-state index is 15.0. The Morgan fingerprint density at radius 3 is 2.62 bits per heavy atom. The number of carbonyl (C=O) groups excluding carboxylic acids is 3. The molecule has 0 aliphatic carbocycles. The molecular formula is C19H24F2N8O5. The number of rotatable bonds is 8. The SMILES string of the molecule is CC(=O)NCC1CN(c2cc(F)c(N3CCON(C(=O)CN(C=N)N=N)CC3)c(F)c2)C(=O)O1. The number of carbonyl (C=O) groups is 3. The average Bonchev–Trinajstić information content (AvgIpc) is 3.00. The van der Waals surface area contributed by atoms with Crippen LogP contribution in [0.25, 0.3) is 0 Å². The maximum Gasteiger partial charge on any atom is 0.414 e. The van der Waals surface area contributed by atoms with Crippen LogP contribution in [-0.4, -0.2) is 86.3 Å². The lowest BCUT2D eigenvalue weighted by Crippen LogP contribution is -2.39. The summed E-state index contributed by atoms with van der Waals surface area (Å²) in [7, 11) is 0. The molecule has 0 saturated carbocycles. The van der Waals surface area contributed by atoms with Gasteiger partial charge in [-0.3, -0.25) is 24.7 Å². The number of amides is 3. The number of nitrogens with one attached hydrogen (secondary N) is 3. The Balaban J connectivity index is 1.69. The lowest BCUT2D eigenvalue weighted by atomic mass is 10.2. The lowest BCUT2D eigenvalue weighted by molar-refractivity contribution is -0.182. The van der Waals surface area contributed by atoms with Crippen molar-refractivity contribution < 1.29 is 32.7 Å². The van der Waals surface area contributed by atoms with Crippen LogP contribution in [0, 0.1) is 22.6 Å². The summed E-state index contributed by atoms with van der Waals surface area (Å²) in [5.41, 5.74) is 6.54. The zero-order valence-electron chi connectivity index (χ0n) is 18.3. The number of nitrogens with zero attached hydrogens (tertiary/aromatic N) is 5. The van der Waals surface area contributed by atoms with Gasteiger partial charge in [0.2, 0.25) is 5.91 Å². The fourth-order valence-electron chi connectivity index (χ4n) is 3.50. The first-order valence-corrected chi connectivity index (χ1v) is 10.3. The number of hydroxylamine groups is 2. The molecule has 1 unspecified atom stereocenters. The van der Waals surface area contributed by atoms with Crippen LogP contribution in [-0.2, 0) is 19.2 Å². The predicted octanol–water partition coefficient (Wildman–Crippen LogP) is 0.861. The summed E-state index contributed by atoms with van der Waals surface area (Å²) in [6.45, 7) is 1.09. The molecule has 184 valence electrons. The van der Waals surface area contributed by atoms with E-state index in [9.17, 15) is 23.2 Å². The second-order valence-electron chi connectivity index (χ2n) is 7.45. The third-order valence-electron chi connectivity index (χ3n) is 5.12. The molecule has 1 atom stereocenters. The molecule has 2 aliphatic heterocycles. The molecule has 34 heavy (non-hydrogen) atoms. The Bertz CT molecular complexity index is 949. The van der Waals surface area contributed by atoms with E-state index < -0.39 is 29.7 Å². The van der Waals surface area contributed by atoms with Gasteiger partial charge in [0.25, 0.3) is 5.91 Å². The van der Waals surface area contributed by atoms with Crippen molar-refractivity contribution in [3.05, 3.63) is 23.8 Å². The van der Waals surface area contributed by atoms with Crippen molar-refractivity contribution in [3.8, 4) is 0 Å². The van der Waals surface area contributed by atoms with E-state index in [-0.39, 0.29) is 63.2 Å². The van der Waals surface area contributed by atoms with Crippen molar-refractivity contribution in [1.29, 1.82) is 10.9 Å². The zero-order chi connectivity index (χ0) is 24.8. The Hall–Kier alpha value is -3.88. The van der Waals surface area contributed by atoms with Crippen LogP contribution in [0.2, 0.25) is 0 Å². The van der Waals surface area contributed by atoms with E-state index >= 15 is 0 Å². The highest BCUT2D eigenvalue weighted by molar-refractivity contribution is 5.90. The quantitative estimate of drug-likeness (QED) is 0.215. The smallest absolute Gasteiger partial charge is 0.414 e. The van der Waals surface area contributed by atoms with Crippen LogP contribution in [0.4, 0.5) is 25.0 Å². The van der Waals surface area contributed by atoms with E-state index in [1.165, 1.54) is 11.8 Å². The molecule has 2 aliphatic rings. The number of hydrogen-bond acceptors (Lipinski definition) is 9. The van der Waals surface area contributed by atoms with Crippen molar-refractivity contribution in [2.75, 3.05) is 55.7 Å². The Kier molecular flexibility index (Phi) is 7.88. The van der Waals surface area contributed by atoms with E-state index in [1.54, 1.807) is 0 Å². The lowest BCUT2D eigenvalue weighted by Gasteiger charge is -2.24. The summed E-state index contributed by atoms with van der Waals surface area (Å²) in [6, 6.07) is 2.04. The van der Waals surface area contributed by atoms with Crippen LogP contribution in [0.15, 0.2) is 17.4 Å². The third-order valence-corrected chi connectivity index (χ3v) is 5.12. The molecule has 0 radical (unpaired) electrons. The largest absolute Gasteiger partial charge is 0.442 e. The number of ether oxygens (including phenoxy) is 1. The number of anilines is 2. The van der Waals surface area contributed by atoms with Gasteiger partial charge < -0.3 is 15.0 Å². The van der Waals surface area contributed by atoms with Gasteiger partial charge in [0.1, 0.15) is 24.7 Å². The van der Waals surface area contributed by atoms with Crippen LogP contribution in [0.5, 0.6) is 0 Å². The van der Waals surface area contributed by atoms with E-state index in [1.807, 2.05) is 0 Å². The van der Waals surface area contributed by atoms with Crippen LogP contribution in [0.1, 0.15) is 6.92 Å². The van der Waals surface area contributed by atoms with E-state index in [2.05, 4.69) is 10.5 Å². The normalized spacial score (nSPS) is 18.3. The molecular weight excluding hydrogens is 458 g/mol. The molecule has 1 aromatic carbocycles. The van der Waals surface area contributed by atoms with Crippen LogP contribution >= 0.6 is 0 Å². The number of halogens is 2. The fraction of sp³-hybridized carbons (Fsp3) is 0.474. The third kappa shape index (κ3) is 5.72. The van der Waals surface area contributed by atoms with Gasteiger partial charge in [0, 0.05) is 32.1 Å². The number of hydrogen-bond donors (Lipinski definition) is 3. The highest BCUT2D eigenvalue weighted by Crippen LogP contribution is 2.31. The molecule has 0 spiro atoms. The first-order chi connectivity index (χ1) is 16.2. The van der Waals surface area contributed by atoms with Crippen molar-refractivity contribution in [2.45, 2.75) is 13.0 Å².